The Morgan fingerprint density at radius 1 is 1.36 bits per heavy atom. The Morgan fingerprint density at radius 2 is 2.00 bits per heavy atom. The molecule has 0 amide bonds. The lowest BCUT2D eigenvalue weighted by Gasteiger charge is -2.31. The number of aliphatic hydroxyl groups is 1. The van der Waals surface area contributed by atoms with Gasteiger partial charge in [0.15, 0.2) is 0 Å². The Kier molecular flexibility index (Phi) is 4.15. The molecule has 1 saturated carbocycles. The summed E-state index contributed by atoms with van der Waals surface area (Å²) in [5.41, 5.74) is 0. The predicted molar refractivity (Wildman–Crippen MR) is 43.6 cm³/mol. The first kappa shape index (κ1) is 11.7. The van der Waals surface area contributed by atoms with E-state index < -0.39 is 6.36 Å². The van der Waals surface area contributed by atoms with Crippen LogP contribution >= 0.6 is 0 Å². The molecule has 3 nitrogen and oxygen atoms in total. The van der Waals surface area contributed by atoms with Crippen molar-refractivity contribution < 1.29 is 23.0 Å². The third kappa shape index (κ3) is 4.78. The highest BCUT2D eigenvalue weighted by Crippen LogP contribution is 2.25. The zero-order valence-electron chi connectivity index (χ0n) is 7.68. The smallest absolute Gasteiger partial charge is 0.393 e. The maximum Gasteiger partial charge on any atom is 0.522 e. The van der Waals surface area contributed by atoms with Crippen molar-refractivity contribution in [2.24, 2.45) is 5.92 Å². The van der Waals surface area contributed by atoms with Crippen molar-refractivity contribution in [3.63, 3.8) is 0 Å². The normalized spacial score (nSPS) is 27.4. The maximum atomic E-state index is 11.5. The van der Waals surface area contributed by atoms with Crippen molar-refractivity contribution in [3.05, 3.63) is 0 Å². The minimum Gasteiger partial charge on any atom is -0.393 e. The monoisotopic (exact) mass is 213 g/mol. The van der Waals surface area contributed by atoms with Crippen LogP contribution < -0.4 is 5.32 Å². The summed E-state index contributed by atoms with van der Waals surface area (Å²) in [6.07, 6.45) is -3.26. The van der Waals surface area contributed by atoms with E-state index in [1.165, 1.54) is 0 Å². The van der Waals surface area contributed by atoms with Crippen molar-refractivity contribution in [2.75, 3.05) is 19.7 Å². The number of rotatable bonds is 5. The van der Waals surface area contributed by atoms with Gasteiger partial charge in [-0.15, -0.1) is 13.2 Å². The topological polar surface area (TPSA) is 41.5 Å². The number of hydrogen-bond acceptors (Lipinski definition) is 3. The molecule has 0 saturated heterocycles. The second-order valence-corrected chi connectivity index (χ2v) is 3.49. The molecular formula is C8H14F3NO2. The quantitative estimate of drug-likeness (QED) is 0.666. The van der Waals surface area contributed by atoms with Gasteiger partial charge in [0.1, 0.15) is 0 Å². The summed E-state index contributed by atoms with van der Waals surface area (Å²) >= 11 is 0. The number of nitrogens with one attached hydrogen (secondary N) is 1. The minimum atomic E-state index is -4.53. The molecule has 0 heterocycles. The molecule has 2 N–H and O–H groups in total. The first-order valence-electron chi connectivity index (χ1n) is 4.57. The fraction of sp³-hybridized carbons (Fsp3) is 1.00. The first-order chi connectivity index (χ1) is 6.47. The van der Waals surface area contributed by atoms with Crippen LogP contribution in [0.15, 0.2) is 0 Å². The van der Waals surface area contributed by atoms with Crippen LogP contribution in [-0.2, 0) is 4.74 Å². The molecule has 0 aromatic heterocycles. The molecule has 0 aromatic rings. The van der Waals surface area contributed by atoms with Gasteiger partial charge in [-0.1, -0.05) is 0 Å². The van der Waals surface area contributed by atoms with E-state index in [0.717, 1.165) is 12.8 Å². The van der Waals surface area contributed by atoms with E-state index in [1.807, 2.05) is 0 Å². The molecule has 1 rings (SSSR count). The number of hydrogen-bond donors (Lipinski definition) is 2. The predicted octanol–water partition coefficient (Wildman–Crippen LogP) is 0.883. The van der Waals surface area contributed by atoms with Crippen LogP contribution in [0.4, 0.5) is 13.2 Å². The van der Waals surface area contributed by atoms with E-state index in [1.54, 1.807) is 0 Å². The minimum absolute atomic E-state index is 0.187. The zero-order chi connectivity index (χ0) is 10.6. The van der Waals surface area contributed by atoms with Gasteiger partial charge < -0.3 is 10.4 Å². The molecule has 0 atom stereocenters. The van der Waals surface area contributed by atoms with Crippen LogP contribution in [0.25, 0.3) is 0 Å². The molecule has 0 aliphatic heterocycles. The van der Waals surface area contributed by atoms with Crippen LogP contribution in [0.1, 0.15) is 12.8 Å². The standard InChI is InChI=1S/C8H14F3NO2/c9-8(10,11)14-2-1-12-5-6-3-7(13)4-6/h6-7,12-13H,1-5H2. The summed E-state index contributed by atoms with van der Waals surface area (Å²) < 4.78 is 38.0. The van der Waals surface area contributed by atoms with Gasteiger partial charge in [-0.3, -0.25) is 4.74 Å². The fourth-order valence-electron chi connectivity index (χ4n) is 1.41. The van der Waals surface area contributed by atoms with Crippen molar-refractivity contribution in [2.45, 2.75) is 25.3 Å². The van der Waals surface area contributed by atoms with E-state index in [-0.39, 0.29) is 19.3 Å². The van der Waals surface area contributed by atoms with Crippen LogP contribution in [0.5, 0.6) is 0 Å². The van der Waals surface area contributed by atoms with Crippen molar-refractivity contribution >= 4 is 0 Å². The summed E-state index contributed by atoms with van der Waals surface area (Å²) in [6, 6.07) is 0. The summed E-state index contributed by atoms with van der Waals surface area (Å²) in [4.78, 5) is 0. The molecule has 0 spiro atoms. The van der Waals surface area contributed by atoms with Gasteiger partial charge in [0.25, 0.3) is 0 Å². The van der Waals surface area contributed by atoms with Gasteiger partial charge in [0.05, 0.1) is 12.7 Å². The highest BCUT2D eigenvalue weighted by molar-refractivity contribution is 4.79. The molecule has 1 aliphatic carbocycles. The van der Waals surface area contributed by atoms with E-state index in [9.17, 15) is 13.2 Å². The molecule has 14 heavy (non-hydrogen) atoms. The Labute approximate surface area is 80.2 Å². The number of alkyl halides is 3. The average Bonchev–Trinajstić information content (AvgIpc) is 1.98. The summed E-state index contributed by atoms with van der Waals surface area (Å²) in [5.74, 6) is 0.399. The third-order valence-electron chi connectivity index (χ3n) is 2.19. The number of aliphatic hydroxyl groups excluding tert-OH is 1. The Bertz CT molecular complexity index is 168. The van der Waals surface area contributed by atoms with E-state index in [4.69, 9.17) is 5.11 Å². The van der Waals surface area contributed by atoms with Gasteiger partial charge in [0, 0.05) is 6.54 Å². The summed E-state index contributed by atoms with van der Waals surface area (Å²) in [5, 5.41) is 11.8. The van der Waals surface area contributed by atoms with Crippen molar-refractivity contribution in [3.8, 4) is 0 Å². The lowest BCUT2D eigenvalue weighted by molar-refractivity contribution is -0.323. The SMILES string of the molecule is OC1CC(CNCCOC(F)(F)F)C1. The molecular weight excluding hydrogens is 199 g/mol. The van der Waals surface area contributed by atoms with E-state index >= 15 is 0 Å². The molecule has 6 heteroatoms. The highest BCUT2D eigenvalue weighted by atomic mass is 19.4. The van der Waals surface area contributed by atoms with Crippen LogP contribution in [0, 0.1) is 5.92 Å². The molecule has 1 fully saturated rings. The van der Waals surface area contributed by atoms with Crippen molar-refractivity contribution in [1.82, 2.24) is 5.32 Å². The number of halogens is 3. The highest BCUT2D eigenvalue weighted by Gasteiger charge is 2.29. The van der Waals surface area contributed by atoms with Gasteiger partial charge in [-0.25, -0.2) is 0 Å². The molecule has 0 radical (unpaired) electrons. The lowest BCUT2D eigenvalue weighted by atomic mass is 9.82. The van der Waals surface area contributed by atoms with E-state index in [2.05, 4.69) is 10.1 Å². The van der Waals surface area contributed by atoms with E-state index in [0.29, 0.717) is 12.5 Å². The summed E-state index contributed by atoms with van der Waals surface area (Å²) in [7, 11) is 0. The molecule has 0 bridgehead atoms. The second-order valence-electron chi connectivity index (χ2n) is 3.49. The molecule has 0 unspecified atom stereocenters. The zero-order valence-corrected chi connectivity index (χ0v) is 7.68. The van der Waals surface area contributed by atoms with Gasteiger partial charge in [-0.05, 0) is 25.3 Å². The van der Waals surface area contributed by atoms with Crippen LogP contribution in [-0.4, -0.2) is 37.3 Å². The first-order valence-corrected chi connectivity index (χ1v) is 4.57. The van der Waals surface area contributed by atoms with Crippen LogP contribution in [0.3, 0.4) is 0 Å². The second kappa shape index (κ2) is 4.95. The van der Waals surface area contributed by atoms with Gasteiger partial charge in [-0.2, -0.15) is 0 Å². The largest absolute Gasteiger partial charge is 0.522 e. The van der Waals surface area contributed by atoms with Crippen LogP contribution in [0.2, 0.25) is 0 Å². The number of ether oxygens (including phenoxy) is 1. The maximum absolute atomic E-state index is 11.5. The lowest BCUT2D eigenvalue weighted by Crippen LogP contribution is -2.37. The molecule has 1 aliphatic rings. The fourth-order valence-corrected chi connectivity index (χ4v) is 1.41. The Morgan fingerprint density at radius 3 is 2.50 bits per heavy atom. The third-order valence-corrected chi connectivity index (χ3v) is 2.19. The Hall–Kier alpha value is -0.330. The van der Waals surface area contributed by atoms with Gasteiger partial charge >= 0.3 is 6.36 Å². The van der Waals surface area contributed by atoms with Crippen molar-refractivity contribution in [1.29, 1.82) is 0 Å². The van der Waals surface area contributed by atoms with Gasteiger partial charge in [0.2, 0.25) is 0 Å². The molecule has 84 valence electrons. The molecule has 0 aromatic carbocycles. The average molecular weight is 213 g/mol. The Balaban J connectivity index is 1.85. The summed E-state index contributed by atoms with van der Waals surface area (Å²) in [6.45, 7) is 0.475.